The summed E-state index contributed by atoms with van der Waals surface area (Å²) in [6.07, 6.45) is 0.333. The largest absolute Gasteiger partial charge is 0.458 e. The molecule has 0 bridgehead atoms. The van der Waals surface area contributed by atoms with Crippen LogP contribution in [0.5, 0.6) is 0 Å². The first kappa shape index (κ1) is 16.1. The monoisotopic (exact) mass is 280 g/mol. The molecule has 0 heterocycles. The van der Waals surface area contributed by atoms with Crippen molar-refractivity contribution >= 4 is 11.7 Å². The minimum atomic E-state index is -1.30. The van der Waals surface area contributed by atoms with Gasteiger partial charge in [0.2, 0.25) is 0 Å². The lowest BCUT2D eigenvalue weighted by molar-refractivity contribution is -0.384. The van der Waals surface area contributed by atoms with Crippen LogP contribution in [0.3, 0.4) is 0 Å². The van der Waals surface area contributed by atoms with Gasteiger partial charge in [0.05, 0.1) is 4.92 Å². The molecule has 0 aliphatic rings. The zero-order valence-electron chi connectivity index (χ0n) is 12.2. The Bertz CT molecular complexity index is 505. The number of nitrogens with zero attached hydrogens (tertiary/aromatic N) is 1. The molecule has 110 valence electrons. The van der Waals surface area contributed by atoms with Gasteiger partial charge in [-0.25, -0.2) is 4.79 Å². The van der Waals surface area contributed by atoms with Crippen LogP contribution in [0, 0.1) is 10.1 Å². The predicted octanol–water partition coefficient (Wildman–Crippen LogP) is 2.50. The first-order valence-electron chi connectivity index (χ1n) is 6.37. The fraction of sp³-hybridized carbons (Fsp3) is 0.500. The fourth-order valence-electron chi connectivity index (χ4n) is 1.72. The summed E-state index contributed by atoms with van der Waals surface area (Å²) in [5, 5.41) is 10.6. The first-order chi connectivity index (χ1) is 9.10. The molecule has 0 unspecified atom stereocenters. The summed E-state index contributed by atoms with van der Waals surface area (Å²) < 4.78 is 5.33. The lowest BCUT2D eigenvalue weighted by Gasteiger charge is -2.30. The minimum absolute atomic E-state index is 0.0450. The highest BCUT2D eigenvalue weighted by Crippen LogP contribution is 2.27. The van der Waals surface area contributed by atoms with Crippen LogP contribution in [0.4, 0.5) is 5.69 Å². The lowest BCUT2D eigenvalue weighted by Crippen LogP contribution is -2.47. The van der Waals surface area contributed by atoms with E-state index in [1.807, 2.05) is 0 Å². The van der Waals surface area contributed by atoms with Gasteiger partial charge in [-0.15, -0.1) is 0 Å². The Labute approximate surface area is 118 Å². The number of nitrogens with two attached hydrogens (primary N) is 1. The third kappa shape index (κ3) is 3.54. The topological polar surface area (TPSA) is 95.5 Å². The first-order valence-corrected chi connectivity index (χ1v) is 6.37. The quantitative estimate of drug-likeness (QED) is 0.519. The molecule has 0 aliphatic heterocycles. The number of nitro benzene ring substituents is 1. The summed E-state index contributed by atoms with van der Waals surface area (Å²) in [5.74, 6) is -0.540. The molecule has 0 saturated carbocycles. The second kappa shape index (κ2) is 5.58. The number of esters is 1. The number of hydrogen-bond donors (Lipinski definition) is 1. The van der Waals surface area contributed by atoms with E-state index in [1.54, 1.807) is 27.7 Å². The molecule has 1 atom stereocenters. The number of rotatable bonds is 4. The van der Waals surface area contributed by atoms with Gasteiger partial charge in [0.1, 0.15) is 11.1 Å². The molecule has 20 heavy (non-hydrogen) atoms. The van der Waals surface area contributed by atoms with Crippen molar-refractivity contribution in [3.05, 3.63) is 39.9 Å². The van der Waals surface area contributed by atoms with E-state index in [0.29, 0.717) is 12.0 Å². The van der Waals surface area contributed by atoms with E-state index in [2.05, 4.69) is 0 Å². The second-order valence-corrected chi connectivity index (χ2v) is 5.63. The molecule has 1 rings (SSSR count). The maximum absolute atomic E-state index is 12.2. The van der Waals surface area contributed by atoms with Crippen molar-refractivity contribution in [3.8, 4) is 0 Å². The van der Waals surface area contributed by atoms with E-state index in [1.165, 1.54) is 24.3 Å². The summed E-state index contributed by atoms with van der Waals surface area (Å²) in [4.78, 5) is 22.4. The van der Waals surface area contributed by atoms with Crippen LogP contribution < -0.4 is 5.73 Å². The highest BCUT2D eigenvalue weighted by molar-refractivity contribution is 5.82. The van der Waals surface area contributed by atoms with E-state index in [4.69, 9.17) is 10.5 Å². The number of ether oxygens (including phenoxy) is 1. The van der Waals surface area contributed by atoms with Crippen molar-refractivity contribution in [2.24, 2.45) is 5.73 Å². The van der Waals surface area contributed by atoms with Crippen LogP contribution in [0.1, 0.15) is 39.7 Å². The Kier molecular flexibility index (Phi) is 4.50. The molecule has 6 nitrogen and oxygen atoms in total. The summed E-state index contributed by atoms with van der Waals surface area (Å²) in [7, 11) is 0. The standard InChI is InChI=1S/C14H20N2O4/c1-5-14(15,12(17)20-13(2,3)4)10-6-8-11(9-7-10)16(18)19/h6-9H,5,15H2,1-4H3/t14-/m1/s1. The van der Waals surface area contributed by atoms with Crippen molar-refractivity contribution in [2.75, 3.05) is 0 Å². The third-order valence-electron chi connectivity index (χ3n) is 2.91. The van der Waals surface area contributed by atoms with Gasteiger partial charge in [0.25, 0.3) is 5.69 Å². The molecule has 1 aromatic rings. The Morgan fingerprint density at radius 3 is 2.15 bits per heavy atom. The lowest BCUT2D eigenvalue weighted by atomic mass is 9.88. The van der Waals surface area contributed by atoms with Gasteiger partial charge in [0.15, 0.2) is 0 Å². The summed E-state index contributed by atoms with van der Waals surface area (Å²) >= 11 is 0. The van der Waals surface area contributed by atoms with Gasteiger partial charge in [-0.2, -0.15) is 0 Å². The van der Waals surface area contributed by atoms with E-state index in [9.17, 15) is 14.9 Å². The third-order valence-corrected chi connectivity index (χ3v) is 2.91. The molecular weight excluding hydrogens is 260 g/mol. The zero-order chi connectivity index (χ0) is 15.6. The molecule has 2 N–H and O–H groups in total. The van der Waals surface area contributed by atoms with Gasteiger partial charge in [-0.05, 0) is 44.9 Å². The van der Waals surface area contributed by atoms with E-state index in [-0.39, 0.29) is 5.69 Å². The van der Waals surface area contributed by atoms with Crippen LogP contribution in [0.2, 0.25) is 0 Å². The summed E-state index contributed by atoms with van der Waals surface area (Å²) in [6, 6.07) is 5.64. The molecule has 0 saturated heterocycles. The maximum atomic E-state index is 12.2. The molecule has 0 aromatic heterocycles. The maximum Gasteiger partial charge on any atom is 0.331 e. The SMILES string of the molecule is CC[C@](N)(C(=O)OC(C)(C)C)c1ccc([N+](=O)[O-])cc1. The second-order valence-electron chi connectivity index (χ2n) is 5.63. The van der Waals surface area contributed by atoms with Gasteiger partial charge in [-0.1, -0.05) is 6.92 Å². The molecule has 0 fully saturated rings. The Balaban J connectivity index is 3.10. The smallest absolute Gasteiger partial charge is 0.331 e. The van der Waals surface area contributed by atoms with E-state index >= 15 is 0 Å². The van der Waals surface area contributed by atoms with Gasteiger partial charge < -0.3 is 10.5 Å². The van der Waals surface area contributed by atoms with Crippen molar-refractivity contribution in [3.63, 3.8) is 0 Å². The van der Waals surface area contributed by atoms with Gasteiger partial charge >= 0.3 is 5.97 Å². The van der Waals surface area contributed by atoms with Gasteiger partial charge in [0, 0.05) is 12.1 Å². The molecule has 6 heteroatoms. The van der Waals surface area contributed by atoms with Gasteiger partial charge in [-0.3, -0.25) is 10.1 Å². The Hall–Kier alpha value is -1.95. The van der Waals surface area contributed by atoms with Crippen LogP contribution in [-0.2, 0) is 15.1 Å². The number of carbonyl (C=O) groups is 1. The zero-order valence-corrected chi connectivity index (χ0v) is 12.2. The highest BCUT2D eigenvalue weighted by Gasteiger charge is 2.38. The van der Waals surface area contributed by atoms with E-state index in [0.717, 1.165) is 0 Å². The molecule has 0 radical (unpaired) electrons. The fourth-order valence-corrected chi connectivity index (χ4v) is 1.72. The van der Waals surface area contributed by atoms with E-state index < -0.39 is 22.0 Å². The molecule has 0 spiro atoms. The number of nitro groups is 1. The van der Waals surface area contributed by atoms with Crippen molar-refractivity contribution < 1.29 is 14.5 Å². The number of hydrogen-bond acceptors (Lipinski definition) is 5. The van der Waals surface area contributed by atoms with Crippen molar-refractivity contribution in [2.45, 2.75) is 45.3 Å². The van der Waals surface area contributed by atoms with Crippen molar-refractivity contribution in [1.29, 1.82) is 0 Å². The summed E-state index contributed by atoms with van der Waals surface area (Å²) in [6.45, 7) is 7.05. The van der Waals surface area contributed by atoms with Crippen LogP contribution in [0.25, 0.3) is 0 Å². The molecule has 0 aliphatic carbocycles. The highest BCUT2D eigenvalue weighted by atomic mass is 16.6. The van der Waals surface area contributed by atoms with Crippen LogP contribution >= 0.6 is 0 Å². The Morgan fingerprint density at radius 1 is 1.30 bits per heavy atom. The average Bonchev–Trinajstić information content (AvgIpc) is 2.35. The average molecular weight is 280 g/mol. The normalized spacial score (nSPS) is 14.4. The summed E-state index contributed by atoms with van der Waals surface area (Å²) in [5.41, 5.74) is 4.66. The number of carbonyl (C=O) groups excluding carboxylic acids is 1. The number of non-ortho nitro benzene ring substituents is 1. The molecule has 1 aromatic carbocycles. The Morgan fingerprint density at radius 2 is 1.80 bits per heavy atom. The molecular formula is C14H20N2O4. The predicted molar refractivity (Wildman–Crippen MR) is 75.1 cm³/mol. The van der Waals surface area contributed by atoms with Crippen LogP contribution in [0.15, 0.2) is 24.3 Å². The number of benzene rings is 1. The molecule has 0 amide bonds. The minimum Gasteiger partial charge on any atom is -0.458 e. The van der Waals surface area contributed by atoms with Crippen LogP contribution in [-0.4, -0.2) is 16.5 Å². The van der Waals surface area contributed by atoms with Crippen molar-refractivity contribution in [1.82, 2.24) is 0 Å².